The van der Waals surface area contributed by atoms with Gasteiger partial charge < -0.3 is 9.73 Å². The topological polar surface area (TPSA) is 25.2 Å². The summed E-state index contributed by atoms with van der Waals surface area (Å²) >= 11 is 0. The Hall–Kier alpha value is -1.54. The fourth-order valence-corrected chi connectivity index (χ4v) is 1.83. The molecule has 1 N–H and O–H groups in total. The monoisotopic (exact) mass is 229 g/mol. The van der Waals surface area contributed by atoms with Crippen molar-refractivity contribution in [2.75, 3.05) is 0 Å². The maximum Gasteiger partial charge on any atom is 0.117 e. The first-order valence-corrected chi connectivity index (χ1v) is 6.14. The molecule has 0 radical (unpaired) electrons. The normalized spacial score (nSPS) is 12.6. The molecule has 0 aliphatic rings. The minimum absolute atomic E-state index is 0.339. The van der Waals surface area contributed by atoms with Crippen LogP contribution in [0.2, 0.25) is 0 Å². The third-order valence-electron chi connectivity index (χ3n) is 3.05. The molecular weight excluding hydrogens is 210 g/mol. The molecule has 17 heavy (non-hydrogen) atoms. The number of benzene rings is 1. The molecule has 1 atom stereocenters. The van der Waals surface area contributed by atoms with Gasteiger partial charge in [0.25, 0.3) is 0 Å². The zero-order chi connectivity index (χ0) is 12.1. The summed E-state index contributed by atoms with van der Waals surface area (Å²) in [7, 11) is 0. The minimum atomic E-state index is 0.339. The van der Waals surface area contributed by atoms with E-state index in [1.807, 2.05) is 12.1 Å². The number of rotatable bonds is 5. The molecule has 0 saturated carbocycles. The Bertz CT molecular complexity index is 430. The van der Waals surface area contributed by atoms with Crippen molar-refractivity contribution in [2.45, 2.75) is 32.9 Å². The molecule has 0 fully saturated rings. The van der Waals surface area contributed by atoms with Crippen LogP contribution in [-0.2, 0) is 13.0 Å². The van der Waals surface area contributed by atoms with Crippen molar-refractivity contribution in [2.24, 2.45) is 0 Å². The molecule has 1 aromatic carbocycles. The van der Waals surface area contributed by atoms with Crippen LogP contribution < -0.4 is 5.32 Å². The first-order chi connectivity index (χ1) is 8.29. The van der Waals surface area contributed by atoms with Gasteiger partial charge in [0.2, 0.25) is 0 Å². The third-order valence-corrected chi connectivity index (χ3v) is 3.05. The molecule has 90 valence electrons. The second-order valence-corrected chi connectivity index (χ2v) is 4.28. The average molecular weight is 229 g/mol. The van der Waals surface area contributed by atoms with Crippen LogP contribution in [0.15, 0.2) is 47.1 Å². The van der Waals surface area contributed by atoms with Gasteiger partial charge >= 0.3 is 0 Å². The quantitative estimate of drug-likeness (QED) is 0.845. The molecule has 2 aromatic rings. The summed E-state index contributed by atoms with van der Waals surface area (Å²) in [5.41, 5.74) is 2.70. The zero-order valence-corrected chi connectivity index (χ0v) is 10.4. The minimum Gasteiger partial charge on any atom is -0.468 e. The van der Waals surface area contributed by atoms with Crippen molar-refractivity contribution in [3.8, 4) is 0 Å². The molecule has 0 bridgehead atoms. The van der Waals surface area contributed by atoms with E-state index in [1.165, 1.54) is 11.1 Å². The van der Waals surface area contributed by atoms with Gasteiger partial charge in [0, 0.05) is 6.04 Å². The van der Waals surface area contributed by atoms with Crippen LogP contribution in [0.25, 0.3) is 0 Å². The molecule has 0 aliphatic heterocycles. The maximum absolute atomic E-state index is 5.29. The van der Waals surface area contributed by atoms with Crippen LogP contribution in [0, 0.1) is 0 Å². The van der Waals surface area contributed by atoms with E-state index >= 15 is 0 Å². The predicted octanol–water partition coefficient (Wildman–Crippen LogP) is 3.69. The van der Waals surface area contributed by atoms with E-state index < -0.39 is 0 Å². The average Bonchev–Trinajstić information content (AvgIpc) is 2.89. The molecule has 1 heterocycles. The molecule has 2 nitrogen and oxygen atoms in total. The Balaban J connectivity index is 1.92. The van der Waals surface area contributed by atoms with E-state index in [9.17, 15) is 0 Å². The highest BCUT2D eigenvalue weighted by Gasteiger charge is 2.05. The van der Waals surface area contributed by atoms with Gasteiger partial charge in [0.15, 0.2) is 0 Å². The fourth-order valence-electron chi connectivity index (χ4n) is 1.83. The smallest absolute Gasteiger partial charge is 0.117 e. The lowest BCUT2D eigenvalue weighted by Gasteiger charge is -2.13. The third kappa shape index (κ3) is 3.21. The highest BCUT2D eigenvalue weighted by Crippen LogP contribution is 2.14. The SMILES string of the molecule is CCc1ccc(C(C)NCc2ccco2)cc1. The zero-order valence-electron chi connectivity index (χ0n) is 10.4. The Labute approximate surface area is 103 Å². The van der Waals surface area contributed by atoms with Crippen molar-refractivity contribution in [1.82, 2.24) is 5.32 Å². The largest absolute Gasteiger partial charge is 0.468 e. The second-order valence-electron chi connectivity index (χ2n) is 4.28. The summed E-state index contributed by atoms with van der Waals surface area (Å²) in [5, 5.41) is 3.45. The Morgan fingerprint density at radius 1 is 1.18 bits per heavy atom. The van der Waals surface area contributed by atoms with Crippen LogP contribution in [0.5, 0.6) is 0 Å². The van der Waals surface area contributed by atoms with Gasteiger partial charge in [-0.25, -0.2) is 0 Å². The highest BCUT2D eigenvalue weighted by molar-refractivity contribution is 5.24. The van der Waals surface area contributed by atoms with Gasteiger partial charge in [0.1, 0.15) is 5.76 Å². The maximum atomic E-state index is 5.29. The van der Waals surface area contributed by atoms with Gasteiger partial charge in [-0.1, -0.05) is 31.2 Å². The van der Waals surface area contributed by atoms with Crippen LogP contribution in [0.3, 0.4) is 0 Å². The van der Waals surface area contributed by atoms with E-state index in [0.29, 0.717) is 6.04 Å². The molecule has 0 aliphatic carbocycles. The molecule has 0 amide bonds. The predicted molar refractivity (Wildman–Crippen MR) is 69.8 cm³/mol. The Morgan fingerprint density at radius 2 is 1.94 bits per heavy atom. The number of nitrogens with one attached hydrogen (secondary N) is 1. The van der Waals surface area contributed by atoms with E-state index in [2.05, 4.69) is 43.4 Å². The molecule has 2 rings (SSSR count). The molecule has 0 spiro atoms. The van der Waals surface area contributed by atoms with Gasteiger partial charge in [-0.2, -0.15) is 0 Å². The van der Waals surface area contributed by atoms with Gasteiger partial charge in [-0.3, -0.25) is 0 Å². The van der Waals surface area contributed by atoms with E-state index in [1.54, 1.807) is 6.26 Å². The summed E-state index contributed by atoms with van der Waals surface area (Å²) < 4.78 is 5.29. The summed E-state index contributed by atoms with van der Waals surface area (Å²) in [6.07, 6.45) is 2.80. The highest BCUT2D eigenvalue weighted by atomic mass is 16.3. The molecule has 2 heteroatoms. The van der Waals surface area contributed by atoms with Crippen LogP contribution in [-0.4, -0.2) is 0 Å². The lowest BCUT2D eigenvalue weighted by atomic mass is 10.1. The van der Waals surface area contributed by atoms with Gasteiger partial charge in [-0.15, -0.1) is 0 Å². The summed E-state index contributed by atoms with van der Waals surface area (Å²) in [6, 6.07) is 13.0. The number of hydrogen-bond donors (Lipinski definition) is 1. The van der Waals surface area contributed by atoms with E-state index in [-0.39, 0.29) is 0 Å². The first-order valence-electron chi connectivity index (χ1n) is 6.14. The molecule has 1 unspecified atom stereocenters. The Morgan fingerprint density at radius 3 is 2.53 bits per heavy atom. The molecular formula is C15H19NO. The summed E-state index contributed by atoms with van der Waals surface area (Å²) in [6.45, 7) is 5.11. The van der Waals surface area contributed by atoms with Gasteiger partial charge in [0.05, 0.1) is 12.8 Å². The summed E-state index contributed by atoms with van der Waals surface area (Å²) in [4.78, 5) is 0. The van der Waals surface area contributed by atoms with Crippen molar-refractivity contribution in [3.05, 3.63) is 59.5 Å². The second kappa shape index (κ2) is 5.69. The van der Waals surface area contributed by atoms with Crippen molar-refractivity contribution in [1.29, 1.82) is 0 Å². The number of furan rings is 1. The first kappa shape index (κ1) is 11.9. The van der Waals surface area contributed by atoms with E-state index in [4.69, 9.17) is 4.42 Å². The lowest BCUT2D eigenvalue weighted by Crippen LogP contribution is -2.17. The van der Waals surface area contributed by atoms with Crippen molar-refractivity contribution < 1.29 is 4.42 Å². The number of aryl methyl sites for hydroxylation is 1. The van der Waals surface area contributed by atoms with Crippen molar-refractivity contribution in [3.63, 3.8) is 0 Å². The molecule has 0 saturated heterocycles. The van der Waals surface area contributed by atoms with Crippen LogP contribution in [0.4, 0.5) is 0 Å². The Kier molecular flexibility index (Phi) is 3.99. The van der Waals surface area contributed by atoms with Gasteiger partial charge in [-0.05, 0) is 36.6 Å². The summed E-state index contributed by atoms with van der Waals surface area (Å²) in [5.74, 6) is 0.974. The van der Waals surface area contributed by atoms with Crippen LogP contribution >= 0.6 is 0 Å². The standard InChI is InChI=1S/C15H19NO/c1-3-13-6-8-14(9-7-13)12(2)16-11-15-5-4-10-17-15/h4-10,12,16H,3,11H2,1-2H3. The molecule has 1 aromatic heterocycles. The lowest BCUT2D eigenvalue weighted by molar-refractivity contribution is 0.460. The van der Waals surface area contributed by atoms with Crippen LogP contribution in [0.1, 0.15) is 36.8 Å². The number of hydrogen-bond acceptors (Lipinski definition) is 2. The van der Waals surface area contributed by atoms with E-state index in [0.717, 1.165) is 18.7 Å². The van der Waals surface area contributed by atoms with Crippen molar-refractivity contribution >= 4 is 0 Å². The fraction of sp³-hybridized carbons (Fsp3) is 0.333.